The summed E-state index contributed by atoms with van der Waals surface area (Å²) in [5, 5.41) is 2.67. The Labute approximate surface area is 251 Å². The van der Waals surface area contributed by atoms with Gasteiger partial charge in [0, 0.05) is 51.7 Å². The zero-order valence-corrected chi connectivity index (χ0v) is 25.1. The van der Waals surface area contributed by atoms with Crippen LogP contribution in [0.3, 0.4) is 0 Å². The van der Waals surface area contributed by atoms with Crippen LogP contribution < -0.4 is 10.2 Å². The van der Waals surface area contributed by atoms with Gasteiger partial charge in [0.15, 0.2) is 6.29 Å². The molecular weight excluding hydrogens is 526 g/mol. The van der Waals surface area contributed by atoms with Crippen molar-refractivity contribution in [3.8, 4) is 5.75 Å². The number of benzene rings is 3. The van der Waals surface area contributed by atoms with E-state index in [2.05, 4.69) is 82.0 Å². The normalized spacial score (nSPS) is 19.4. The third-order valence-corrected chi connectivity index (χ3v) is 8.67. The second kappa shape index (κ2) is 16.0. The molecule has 7 heteroatoms. The lowest BCUT2D eigenvalue weighted by atomic mass is 10.0. The van der Waals surface area contributed by atoms with Crippen LogP contribution in [0.15, 0.2) is 66.7 Å². The minimum absolute atomic E-state index is 0.0537. The fourth-order valence-electron chi connectivity index (χ4n) is 6.26. The first kappa shape index (κ1) is 30.5. The molecule has 1 amide bonds. The Kier molecular flexibility index (Phi) is 11.6. The summed E-state index contributed by atoms with van der Waals surface area (Å²) in [7, 11) is 1.71. The molecule has 42 heavy (non-hydrogen) atoms. The number of hydroxylamine groups is 1. The van der Waals surface area contributed by atoms with Gasteiger partial charge < -0.3 is 9.47 Å². The summed E-state index contributed by atoms with van der Waals surface area (Å²) in [5.74, 6) is 0.850. The van der Waals surface area contributed by atoms with Gasteiger partial charge in [-0.05, 0) is 79.1 Å². The summed E-state index contributed by atoms with van der Waals surface area (Å²) in [6.07, 6.45) is 8.39. The summed E-state index contributed by atoms with van der Waals surface area (Å²) in [5.41, 5.74) is 5.34. The topological polar surface area (TPSA) is 63.3 Å². The molecule has 2 aliphatic heterocycles. The van der Waals surface area contributed by atoms with Gasteiger partial charge in [-0.2, -0.15) is 0 Å². The SMILES string of the molecule is COc1ccc(CN2CCC(N(CCCCCC(=O)NOC3CCCCO3)CCc3cccc4ccccc34)C2)cc1. The smallest absolute Gasteiger partial charge is 0.243 e. The number of hydrogen-bond donors (Lipinski definition) is 1. The average Bonchev–Trinajstić information content (AvgIpc) is 3.50. The van der Waals surface area contributed by atoms with Crippen LogP contribution in [0.1, 0.15) is 62.5 Å². The number of amides is 1. The maximum absolute atomic E-state index is 12.3. The number of unbranched alkanes of at least 4 members (excludes halogenated alkanes) is 2. The molecule has 226 valence electrons. The molecule has 2 aliphatic rings. The molecule has 1 N–H and O–H groups in total. The van der Waals surface area contributed by atoms with Crippen LogP contribution in [0.4, 0.5) is 0 Å². The molecule has 7 nitrogen and oxygen atoms in total. The number of likely N-dealkylation sites (tertiary alicyclic amines) is 1. The van der Waals surface area contributed by atoms with Crippen LogP contribution in [0, 0.1) is 0 Å². The highest BCUT2D eigenvalue weighted by Gasteiger charge is 2.27. The second-order valence-electron chi connectivity index (χ2n) is 11.7. The molecule has 0 spiro atoms. The fourth-order valence-corrected chi connectivity index (χ4v) is 6.26. The molecule has 2 atom stereocenters. The first-order valence-corrected chi connectivity index (χ1v) is 15.8. The number of carbonyl (C=O) groups excluding carboxylic acids is 1. The largest absolute Gasteiger partial charge is 0.497 e. The predicted molar refractivity (Wildman–Crippen MR) is 167 cm³/mol. The van der Waals surface area contributed by atoms with Gasteiger partial charge in [0.25, 0.3) is 0 Å². The second-order valence-corrected chi connectivity index (χ2v) is 11.7. The van der Waals surface area contributed by atoms with Gasteiger partial charge in [-0.3, -0.25) is 14.6 Å². The van der Waals surface area contributed by atoms with E-state index in [4.69, 9.17) is 14.3 Å². The average molecular weight is 574 g/mol. The van der Waals surface area contributed by atoms with Gasteiger partial charge in [-0.15, -0.1) is 0 Å². The van der Waals surface area contributed by atoms with Gasteiger partial charge in [0.2, 0.25) is 5.91 Å². The predicted octanol–water partition coefficient (Wildman–Crippen LogP) is 6.10. The molecule has 3 aromatic carbocycles. The van der Waals surface area contributed by atoms with E-state index in [1.165, 1.54) is 28.3 Å². The van der Waals surface area contributed by atoms with E-state index in [9.17, 15) is 4.79 Å². The van der Waals surface area contributed by atoms with E-state index in [1.54, 1.807) is 7.11 Å². The number of hydrogen-bond acceptors (Lipinski definition) is 6. The lowest BCUT2D eigenvalue weighted by Crippen LogP contribution is -2.39. The van der Waals surface area contributed by atoms with Crippen LogP contribution in [0.2, 0.25) is 0 Å². The zero-order valence-electron chi connectivity index (χ0n) is 25.1. The summed E-state index contributed by atoms with van der Waals surface area (Å²) >= 11 is 0. The highest BCUT2D eigenvalue weighted by atomic mass is 16.8. The van der Waals surface area contributed by atoms with E-state index in [1.807, 2.05) is 0 Å². The summed E-state index contributed by atoms with van der Waals surface area (Å²) in [6.45, 7) is 5.99. The van der Waals surface area contributed by atoms with Gasteiger partial charge in [0.1, 0.15) is 5.75 Å². The molecule has 2 heterocycles. The van der Waals surface area contributed by atoms with E-state index < -0.39 is 0 Å². The molecule has 2 unspecified atom stereocenters. The molecule has 0 radical (unpaired) electrons. The minimum atomic E-state index is -0.298. The number of ether oxygens (including phenoxy) is 2. The quantitative estimate of drug-likeness (QED) is 0.175. The van der Waals surface area contributed by atoms with Crippen LogP contribution in [-0.2, 0) is 27.3 Å². The lowest BCUT2D eigenvalue weighted by Gasteiger charge is -2.29. The number of nitrogens with zero attached hydrogens (tertiary/aromatic N) is 2. The molecule has 2 saturated heterocycles. The first-order chi connectivity index (χ1) is 20.7. The number of nitrogens with one attached hydrogen (secondary N) is 1. The van der Waals surface area contributed by atoms with Crippen molar-refractivity contribution in [1.82, 2.24) is 15.3 Å². The molecule has 0 saturated carbocycles. The maximum Gasteiger partial charge on any atom is 0.243 e. The summed E-state index contributed by atoms with van der Waals surface area (Å²) in [6, 6.07) is 24.4. The van der Waals surface area contributed by atoms with Crippen molar-refractivity contribution < 1.29 is 19.1 Å². The number of rotatable bonds is 15. The van der Waals surface area contributed by atoms with Crippen LogP contribution >= 0.6 is 0 Å². The van der Waals surface area contributed by atoms with E-state index in [0.717, 1.165) is 83.4 Å². The van der Waals surface area contributed by atoms with Crippen LogP contribution in [-0.4, -0.2) is 67.9 Å². The zero-order chi connectivity index (χ0) is 29.0. The Balaban J connectivity index is 1.12. The number of carbonyl (C=O) groups is 1. The van der Waals surface area contributed by atoms with Crippen LogP contribution in [0.25, 0.3) is 10.8 Å². The van der Waals surface area contributed by atoms with Gasteiger partial charge in [-0.25, -0.2) is 10.3 Å². The van der Waals surface area contributed by atoms with Crippen molar-refractivity contribution in [3.63, 3.8) is 0 Å². The van der Waals surface area contributed by atoms with Crippen LogP contribution in [0.5, 0.6) is 5.75 Å². The standard InChI is InChI=1S/C35H47N3O4/c1-40-32-18-16-28(17-19-32)26-37-23-21-31(27-37)38(24-20-30-12-9-11-29-10-4-5-13-33(29)30)22-7-2-3-14-34(39)36-42-35-15-6-8-25-41-35/h4-5,9-13,16-19,31,35H,2-3,6-8,14-15,20-27H2,1H3,(H,36,39). The third kappa shape index (κ3) is 9.01. The van der Waals surface area contributed by atoms with Crippen molar-refractivity contribution in [3.05, 3.63) is 77.9 Å². The molecule has 2 fully saturated rings. The Hall–Kier alpha value is -2.97. The van der Waals surface area contributed by atoms with Gasteiger partial charge in [-0.1, -0.05) is 61.0 Å². The molecule has 5 rings (SSSR count). The molecular formula is C35H47N3O4. The highest BCUT2D eigenvalue weighted by Crippen LogP contribution is 2.23. The van der Waals surface area contributed by atoms with E-state index >= 15 is 0 Å². The van der Waals surface area contributed by atoms with Crippen molar-refractivity contribution in [2.45, 2.75) is 76.7 Å². The Morgan fingerprint density at radius 1 is 0.976 bits per heavy atom. The van der Waals surface area contributed by atoms with Crippen molar-refractivity contribution >= 4 is 16.7 Å². The van der Waals surface area contributed by atoms with Crippen molar-refractivity contribution in [1.29, 1.82) is 0 Å². The molecule has 0 aliphatic carbocycles. The fraction of sp³-hybridized carbons (Fsp3) is 0.514. The Morgan fingerprint density at radius 2 is 1.83 bits per heavy atom. The van der Waals surface area contributed by atoms with Crippen molar-refractivity contribution in [2.24, 2.45) is 0 Å². The number of fused-ring (bicyclic) bond motifs is 1. The van der Waals surface area contributed by atoms with E-state index in [-0.39, 0.29) is 12.2 Å². The molecule has 3 aromatic rings. The van der Waals surface area contributed by atoms with Crippen molar-refractivity contribution in [2.75, 3.05) is 39.9 Å². The Bertz CT molecular complexity index is 1240. The highest BCUT2D eigenvalue weighted by molar-refractivity contribution is 5.85. The summed E-state index contributed by atoms with van der Waals surface area (Å²) < 4.78 is 10.9. The van der Waals surface area contributed by atoms with Gasteiger partial charge in [0.05, 0.1) is 7.11 Å². The third-order valence-electron chi connectivity index (χ3n) is 8.67. The molecule has 0 bridgehead atoms. The lowest BCUT2D eigenvalue weighted by molar-refractivity contribution is -0.200. The first-order valence-electron chi connectivity index (χ1n) is 15.8. The van der Waals surface area contributed by atoms with Gasteiger partial charge >= 0.3 is 0 Å². The summed E-state index contributed by atoms with van der Waals surface area (Å²) in [4.78, 5) is 23.0. The van der Waals surface area contributed by atoms with E-state index in [0.29, 0.717) is 19.1 Å². The minimum Gasteiger partial charge on any atom is -0.497 e. The number of methoxy groups -OCH3 is 1. The monoisotopic (exact) mass is 573 g/mol. The maximum atomic E-state index is 12.3. The molecule has 0 aromatic heterocycles. The Morgan fingerprint density at radius 3 is 2.67 bits per heavy atom.